The molecule has 1 amide bonds. The Bertz CT molecular complexity index is 977. The van der Waals surface area contributed by atoms with Crippen LogP contribution < -0.4 is 19.9 Å². The summed E-state index contributed by atoms with van der Waals surface area (Å²) in [4.78, 5) is 19.9. The van der Waals surface area contributed by atoms with Crippen LogP contribution in [-0.4, -0.2) is 76.4 Å². The molecule has 0 saturated carbocycles. The van der Waals surface area contributed by atoms with Crippen LogP contribution in [0.5, 0.6) is 5.75 Å². The highest BCUT2D eigenvalue weighted by atomic mass is 16.5. The molecule has 1 atom stereocenters. The van der Waals surface area contributed by atoms with Gasteiger partial charge in [-0.1, -0.05) is 18.2 Å². The Balaban J connectivity index is 1.26. The molecule has 2 aromatic rings. The molecule has 0 spiro atoms. The second-order valence-corrected chi connectivity index (χ2v) is 8.52. The zero-order valence-electron chi connectivity index (χ0n) is 18.5. The van der Waals surface area contributed by atoms with E-state index in [-0.39, 0.29) is 5.91 Å². The van der Waals surface area contributed by atoms with Crippen LogP contribution in [0.25, 0.3) is 6.08 Å². The van der Waals surface area contributed by atoms with Gasteiger partial charge < -0.3 is 29.5 Å². The average molecular weight is 435 g/mol. The maximum atomic E-state index is 13.0. The molecule has 1 N–H and O–H groups in total. The number of amides is 1. The normalized spacial score (nSPS) is 21.1. The van der Waals surface area contributed by atoms with E-state index in [2.05, 4.69) is 39.2 Å². The van der Waals surface area contributed by atoms with Crippen LogP contribution in [-0.2, 0) is 9.53 Å². The van der Waals surface area contributed by atoms with Gasteiger partial charge in [0.25, 0.3) is 5.91 Å². The summed E-state index contributed by atoms with van der Waals surface area (Å²) in [6.07, 6.45) is 3.16. The zero-order valence-corrected chi connectivity index (χ0v) is 18.5. The summed E-state index contributed by atoms with van der Waals surface area (Å²) in [7, 11) is 2.14. The minimum absolute atomic E-state index is 0.167. The molecule has 168 valence electrons. The number of nitrogens with zero attached hydrogens (tertiary/aromatic N) is 3. The fourth-order valence-corrected chi connectivity index (χ4v) is 4.39. The van der Waals surface area contributed by atoms with E-state index in [9.17, 15) is 4.79 Å². The number of para-hydroxylation sites is 1. The maximum absolute atomic E-state index is 13.0. The highest BCUT2D eigenvalue weighted by molar-refractivity contribution is 5.97. The molecule has 7 heteroatoms. The van der Waals surface area contributed by atoms with E-state index in [0.717, 1.165) is 80.9 Å². The molecule has 0 aromatic heterocycles. The van der Waals surface area contributed by atoms with Gasteiger partial charge in [-0.15, -0.1) is 0 Å². The van der Waals surface area contributed by atoms with Crippen LogP contribution in [0.1, 0.15) is 5.56 Å². The summed E-state index contributed by atoms with van der Waals surface area (Å²) in [6.45, 7) is 7.22. The first-order valence-corrected chi connectivity index (χ1v) is 11.3. The van der Waals surface area contributed by atoms with Crippen molar-refractivity contribution in [3.05, 3.63) is 54.1 Å². The summed E-state index contributed by atoms with van der Waals surface area (Å²) in [5.41, 5.74) is 3.99. The van der Waals surface area contributed by atoms with E-state index >= 15 is 0 Å². The number of benzene rings is 2. The molecule has 2 saturated heterocycles. The molecule has 3 aliphatic rings. The van der Waals surface area contributed by atoms with Gasteiger partial charge in [0.1, 0.15) is 0 Å². The second-order valence-electron chi connectivity index (χ2n) is 8.52. The first-order valence-electron chi connectivity index (χ1n) is 11.3. The molecule has 0 bridgehead atoms. The SMILES string of the molecule is CN1CCN(c2cccc3c2OC(C(=O)Nc2ccc(N4CCOCC4)cc2)C=C3)CC1. The number of morpholine rings is 1. The van der Waals surface area contributed by atoms with Crippen molar-refractivity contribution in [2.24, 2.45) is 0 Å². The van der Waals surface area contributed by atoms with Crippen LogP contribution >= 0.6 is 0 Å². The van der Waals surface area contributed by atoms with Crippen molar-refractivity contribution in [1.29, 1.82) is 0 Å². The minimum Gasteiger partial charge on any atom is -0.474 e. The molecule has 2 fully saturated rings. The fourth-order valence-electron chi connectivity index (χ4n) is 4.39. The second kappa shape index (κ2) is 9.22. The smallest absolute Gasteiger partial charge is 0.269 e. The molecule has 0 radical (unpaired) electrons. The topological polar surface area (TPSA) is 57.3 Å². The standard InChI is InChI=1S/C25H30N4O3/c1-27-11-13-29(14-12-27)22-4-2-3-19-5-10-23(32-24(19)22)25(30)26-20-6-8-21(9-7-20)28-15-17-31-18-16-28/h2-10,23H,11-18H2,1H3,(H,26,30). The number of piperazine rings is 1. The van der Waals surface area contributed by atoms with Gasteiger partial charge >= 0.3 is 0 Å². The highest BCUT2D eigenvalue weighted by Crippen LogP contribution is 2.37. The predicted molar refractivity (Wildman–Crippen MR) is 128 cm³/mol. The van der Waals surface area contributed by atoms with Crippen LogP contribution in [0.15, 0.2) is 48.5 Å². The van der Waals surface area contributed by atoms with Crippen molar-refractivity contribution >= 4 is 29.0 Å². The Kier molecular flexibility index (Phi) is 6.01. The van der Waals surface area contributed by atoms with Gasteiger partial charge in [0.05, 0.1) is 18.9 Å². The molecule has 1 unspecified atom stereocenters. The van der Waals surface area contributed by atoms with E-state index in [1.165, 1.54) is 0 Å². The summed E-state index contributed by atoms with van der Waals surface area (Å²) in [5, 5.41) is 3.00. The lowest BCUT2D eigenvalue weighted by Gasteiger charge is -2.36. The molecule has 5 rings (SSSR count). The van der Waals surface area contributed by atoms with Crippen LogP contribution in [0.2, 0.25) is 0 Å². The third-order valence-electron chi connectivity index (χ3n) is 6.33. The zero-order chi connectivity index (χ0) is 21.9. The van der Waals surface area contributed by atoms with Crippen molar-refractivity contribution < 1.29 is 14.3 Å². The minimum atomic E-state index is -0.657. The maximum Gasteiger partial charge on any atom is 0.269 e. The molecule has 2 aromatic carbocycles. The Morgan fingerprint density at radius 3 is 2.44 bits per heavy atom. The molecular formula is C25H30N4O3. The number of hydrogen-bond donors (Lipinski definition) is 1. The number of carbonyl (C=O) groups is 1. The summed E-state index contributed by atoms with van der Waals surface area (Å²) in [5.74, 6) is 0.626. The van der Waals surface area contributed by atoms with Gasteiger partial charge in [-0.2, -0.15) is 0 Å². The van der Waals surface area contributed by atoms with E-state index in [4.69, 9.17) is 9.47 Å². The van der Waals surface area contributed by atoms with Crippen molar-refractivity contribution in [3.63, 3.8) is 0 Å². The fraction of sp³-hybridized carbons (Fsp3) is 0.400. The molecule has 3 aliphatic heterocycles. The lowest BCUT2D eigenvalue weighted by Crippen LogP contribution is -2.45. The Morgan fingerprint density at radius 2 is 1.69 bits per heavy atom. The van der Waals surface area contributed by atoms with Gasteiger partial charge in [-0.05, 0) is 43.5 Å². The summed E-state index contributed by atoms with van der Waals surface area (Å²) in [6, 6.07) is 14.1. The molecule has 0 aliphatic carbocycles. The number of anilines is 3. The third kappa shape index (κ3) is 4.45. The third-order valence-corrected chi connectivity index (χ3v) is 6.33. The molecule has 7 nitrogen and oxygen atoms in total. The van der Waals surface area contributed by atoms with Gasteiger partial charge in [0.2, 0.25) is 0 Å². The number of likely N-dealkylation sites (N-methyl/N-ethyl adjacent to an activating group) is 1. The highest BCUT2D eigenvalue weighted by Gasteiger charge is 2.26. The number of ether oxygens (including phenoxy) is 2. The quantitative estimate of drug-likeness (QED) is 0.799. The number of rotatable bonds is 4. The number of fused-ring (bicyclic) bond motifs is 1. The Hall–Kier alpha value is -3.03. The van der Waals surface area contributed by atoms with E-state index in [1.807, 2.05) is 42.5 Å². The number of carbonyl (C=O) groups excluding carboxylic acids is 1. The number of nitrogens with one attached hydrogen (secondary N) is 1. The first kappa shape index (κ1) is 20.8. The van der Waals surface area contributed by atoms with Crippen molar-refractivity contribution in [2.45, 2.75) is 6.10 Å². The Morgan fingerprint density at radius 1 is 0.938 bits per heavy atom. The van der Waals surface area contributed by atoms with Crippen molar-refractivity contribution in [2.75, 3.05) is 74.6 Å². The summed E-state index contributed by atoms with van der Waals surface area (Å²) < 4.78 is 11.6. The lowest BCUT2D eigenvalue weighted by molar-refractivity contribution is -0.120. The lowest BCUT2D eigenvalue weighted by atomic mass is 10.1. The average Bonchev–Trinajstić information content (AvgIpc) is 2.85. The first-order chi connectivity index (χ1) is 15.7. The van der Waals surface area contributed by atoms with Crippen molar-refractivity contribution in [3.8, 4) is 5.75 Å². The van der Waals surface area contributed by atoms with Gasteiger partial charge in [-0.3, -0.25) is 4.79 Å². The van der Waals surface area contributed by atoms with Gasteiger partial charge in [0.15, 0.2) is 11.9 Å². The number of hydrogen-bond acceptors (Lipinski definition) is 6. The molecule has 3 heterocycles. The monoisotopic (exact) mass is 434 g/mol. The van der Waals surface area contributed by atoms with E-state index in [1.54, 1.807) is 0 Å². The largest absolute Gasteiger partial charge is 0.474 e. The van der Waals surface area contributed by atoms with E-state index in [0.29, 0.717) is 0 Å². The Labute approximate surface area is 189 Å². The van der Waals surface area contributed by atoms with Gasteiger partial charge in [0, 0.05) is 56.2 Å². The molecule has 32 heavy (non-hydrogen) atoms. The van der Waals surface area contributed by atoms with Crippen LogP contribution in [0.3, 0.4) is 0 Å². The van der Waals surface area contributed by atoms with Gasteiger partial charge in [-0.25, -0.2) is 0 Å². The van der Waals surface area contributed by atoms with E-state index < -0.39 is 6.10 Å². The van der Waals surface area contributed by atoms with Crippen molar-refractivity contribution in [1.82, 2.24) is 4.90 Å². The predicted octanol–water partition coefficient (Wildman–Crippen LogP) is 2.69. The molecular weight excluding hydrogens is 404 g/mol. The van der Waals surface area contributed by atoms with Crippen LogP contribution in [0.4, 0.5) is 17.1 Å². The van der Waals surface area contributed by atoms with Crippen LogP contribution in [0, 0.1) is 0 Å². The summed E-state index contributed by atoms with van der Waals surface area (Å²) >= 11 is 0.